The number of halogens is 1. The number of thiazole rings is 1. The summed E-state index contributed by atoms with van der Waals surface area (Å²) in [6.45, 7) is 0.679. The van der Waals surface area contributed by atoms with E-state index in [2.05, 4.69) is 10.3 Å². The van der Waals surface area contributed by atoms with Crippen molar-refractivity contribution in [2.24, 2.45) is 0 Å². The van der Waals surface area contributed by atoms with Crippen molar-refractivity contribution in [3.05, 3.63) is 50.9 Å². The van der Waals surface area contributed by atoms with Gasteiger partial charge in [0.15, 0.2) is 0 Å². The van der Waals surface area contributed by atoms with Crippen molar-refractivity contribution in [1.29, 1.82) is 0 Å². The number of aromatic nitrogens is 1. The Morgan fingerprint density at radius 3 is 2.81 bits per heavy atom. The van der Waals surface area contributed by atoms with Crippen molar-refractivity contribution in [1.82, 2.24) is 10.3 Å². The summed E-state index contributed by atoms with van der Waals surface area (Å²) in [6.07, 6.45) is 5.99. The molecular formula is C16H17ClN2OS. The zero-order chi connectivity index (χ0) is 14.7. The number of carbonyl (C=O) groups excluding carboxylic acids is 1. The van der Waals surface area contributed by atoms with Gasteiger partial charge in [0.1, 0.15) is 4.88 Å². The van der Waals surface area contributed by atoms with E-state index in [1.807, 2.05) is 24.3 Å². The Morgan fingerprint density at radius 1 is 1.33 bits per heavy atom. The van der Waals surface area contributed by atoms with Crippen LogP contribution in [0.2, 0.25) is 5.02 Å². The fourth-order valence-electron chi connectivity index (χ4n) is 2.14. The summed E-state index contributed by atoms with van der Waals surface area (Å²) in [4.78, 5) is 17.1. The minimum absolute atomic E-state index is 0.00416. The third kappa shape index (κ3) is 4.05. The molecule has 1 aromatic heterocycles. The monoisotopic (exact) mass is 320 g/mol. The third-order valence-electron chi connectivity index (χ3n) is 3.51. The summed E-state index contributed by atoms with van der Waals surface area (Å²) < 4.78 is 0. The van der Waals surface area contributed by atoms with Gasteiger partial charge in [-0.05, 0) is 43.4 Å². The molecule has 1 N–H and O–H groups in total. The topological polar surface area (TPSA) is 42.0 Å². The van der Waals surface area contributed by atoms with Crippen LogP contribution in [0.4, 0.5) is 0 Å². The Hall–Kier alpha value is -1.39. The number of benzene rings is 1. The molecule has 21 heavy (non-hydrogen) atoms. The second-order valence-corrected chi connectivity index (χ2v) is 6.82. The lowest BCUT2D eigenvalue weighted by atomic mass is 10.1. The van der Waals surface area contributed by atoms with E-state index >= 15 is 0 Å². The summed E-state index contributed by atoms with van der Waals surface area (Å²) in [7, 11) is 0. The number of aryl methyl sites for hydroxylation is 1. The van der Waals surface area contributed by atoms with Crippen molar-refractivity contribution >= 4 is 28.8 Å². The summed E-state index contributed by atoms with van der Waals surface area (Å²) in [5, 5.41) is 4.82. The normalized spacial score (nSPS) is 14.1. The molecule has 0 spiro atoms. The van der Waals surface area contributed by atoms with Gasteiger partial charge in [0, 0.05) is 17.5 Å². The smallest absolute Gasteiger partial charge is 0.263 e. The standard InChI is InChI=1S/C16H17ClN2OS/c17-13-7-3-11(4-8-13)2-1-9-18-15(20)14-10-19-16(21-14)12-5-6-12/h3-4,7-8,10,12H,1-2,5-6,9H2,(H,18,20). The van der Waals surface area contributed by atoms with Crippen molar-refractivity contribution in [3.8, 4) is 0 Å². The van der Waals surface area contributed by atoms with Gasteiger partial charge in [-0.2, -0.15) is 0 Å². The molecule has 0 aliphatic heterocycles. The third-order valence-corrected chi connectivity index (χ3v) is 4.93. The first kappa shape index (κ1) is 14.5. The van der Waals surface area contributed by atoms with Crippen LogP contribution in [-0.4, -0.2) is 17.4 Å². The molecule has 110 valence electrons. The lowest BCUT2D eigenvalue weighted by Gasteiger charge is -2.04. The molecule has 1 aromatic carbocycles. The average molecular weight is 321 g/mol. The molecule has 2 aromatic rings. The predicted molar refractivity (Wildman–Crippen MR) is 86.2 cm³/mol. The molecule has 1 fully saturated rings. The van der Waals surface area contributed by atoms with Crippen LogP contribution in [0.25, 0.3) is 0 Å². The highest BCUT2D eigenvalue weighted by Crippen LogP contribution is 2.41. The summed E-state index contributed by atoms with van der Waals surface area (Å²) in [5.74, 6) is 0.608. The molecule has 0 radical (unpaired) electrons. The molecule has 1 saturated carbocycles. The molecule has 0 saturated heterocycles. The van der Waals surface area contributed by atoms with Gasteiger partial charge in [0.25, 0.3) is 5.91 Å². The lowest BCUT2D eigenvalue weighted by molar-refractivity contribution is 0.0957. The Bertz CT molecular complexity index is 619. The number of rotatable bonds is 6. The molecule has 1 amide bonds. The van der Waals surface area contributed by atoms with Crippen LogP contribution in [0.1, 0.15) is 45.4 Å². The van der Waals surface area contributed by atoms with Gasteiger partial charge >= 0.3 is 0 Å². The van der Waals surface area contributed by atoms with E-state index in [9.17, 15) is 4.79 Å². The zero-order valence-electron chi connectivity index (χ0n) is 11.6. The zero-order valence-corrected chi connectivity index (χ0v) is 13.2. The van der Waals surface area contributed by atoms with Gasteiger partial charge in [-0.25, -0.2) is 4.98 Å². The Balaban J connectivity index is 1.41. The second-order valence-electron chi connectivity index (χ2n) is 5.32. The first-order chi connectivity index (χ1) is 10.2. The van der Waals surface area contributed by atoms with Crippen molar-refractivity contribution in [3.63, 3.8) is 0 Å². The molecule has 0 unspecified atom stereocenters. The molecule has 3 nitrogen and oxygen atoms in total. The number of nitrogens with one attached hydrogen (secondary N) is 1. The van der Waals surface area contributed by atoms with E-state index in [0.29, 0.717) is 12.5 Å². The fourth-order valence-corrected chi connectivity index (χ4v) is 3.27. The SMILES string of the molecule is O=C(NCCCc1ccc(Cl)cc1)c1cnc(C2CC2)s1. The van der Waals surface area contributed by atoms with Gasteiger partial charge in [-0.1, -0.05) is 23.7 Å². The molecule has 1 heterocycles. The molecule has 0 atom stereocenters. The van der Waals surface area contributed by atoms with E-state index in [1.165, 1.54) is 29.7 Å². The molecule has 1 aliphatic carbocycles. The number of amides is 1. The summed E-state index contributed by atoms with van der Waals surface area (Å²) >= 11 is 7.38. The van der Waals surface area contributed by atoms with Crippen LogP contribution in [0.15, 0.2) is 30.5 Å². The predicted octanol–water partition coefficient (Wildman–Crippen LogP) is 4.04. The van der Waals surface area contributed by atoms with Crippen molar-refractivity contribution in [2.75, 3.05) is 6.54 Å². The second kappa shape index (κ2) is 6.58. The Morgan fingerprint density at radius 2 is 2.10 bits per heavy atom. The van der Waals surface area contributed by atoms with Gasteiger partial charge < -0.3 is 5.32 Å². The van der Waals surface area contributed by atoms with E-state index < -0.39 is 0 Å². The van der Waals surface area contributed by atoms with E-state index in [-0.39, 0.29) is 5.91 Å². The molecule has 1 aliphatic rings. The van der Waals surface area contributed by atoms with Crippen LogP contribution in [-0.2, 0) is 6.42 Å². The Labute approximate surface area is 133 Å². The van der Waals surface area contributed by atoms with E-state index in [0.717, 1.165) is 27.7 Å². The van der Waals surface area contributed by atoms with Crippen molar-refractivity contribution in [2.45, 2.75) is 31.6 Å². The van der Waals surface area contributed by atoms with Crippen LogP contribution in [0.3, 0.4) is 0 Å². The largest absolute Gasteiger partial charge is 0.351 e. The highest BCUT2D eigenvalue weighted by molar-refractivity contribution is 7.13. The lowest BCUT2D eigenvalue weighted by Crippen LogP contribution is -2.23. The number of carbonyl (C=O) groups is 1. The van der Waals surface area contributed by atoms with Gasteiger partial charge in [-0.15, -0.1) is 11.3 Å². The molecule has 3 rings (SSSR count). The summed E-state index contributed by atoms with van der Waals surface area (Å²) in [6, 6.07) is 7.84. The Kier molecular flexibility index (Phi) is 4.56. The van der Waals surface area contributed by atoms with Crippen molar-refractivity contribution < 1.29 is 4.79 Å². The maximum Gasteiger partial charge on any atom is 0.263 e. The molecule has 5 heteroatoms. The van der Waals surface area contributed by atoms with Crippen LogP contribution in [0, 0.1) is 0 Å². The molecular weight excluding hydrogens is 304 g/mol. The maximum absolute atomic E-state index is 12.0. The maximum atomic E-state index is 12.0. The van der Waals surface area contributed by atoms with Crippen LogP contribution in [0.5, 0.6) is 0 Å². The van der Waals surface area contributed by atoms with Crippen LogP contribution >= 0.6 is 22.9 Å². The quantitative estimate of drug-likeness (QED) is 0.816. The highest BCUT2D eigenvalue weighted by Gasteiger charge is 2.27. The van der Waals surface area contributed by atoms with Gasteiger partial charge in [0.2, 0.25) is 0 Å². The van der Waals surface area contributed by atoms with E-state index in [1.54, 1.807) is 6.20 Å². The minimum Gasteiger partial charge on any atom is -0.351 e. The number of hydrogen-bond acceptors (Lipinski definition) is 3. The highest BCUT2D eigenvalue weighted by atomic mass is 35.5. The van der Waals surface area contributed by atoms with Crippen LogP contribution < -0.4 is 5.32 Å². The molecule has 0 bridgehead atoms. The minimum atomic E-state index is -0.00416. The first-order valence-corrected chi connectivity index (χ1v) is 8.40. The number of hydrogen-bond donors (Lipinski definition) is 1. The fraction of sp³-hybridized carbons (Fsp3) is 0.375. The number of nitrogens with zero attached hydrogens (tertiary/aromatic N) is 1. The van der Waals surface area contributed by atoms with Gasteiger partial charge in [0.05, 0.1) is 11.2 Å². The van der Waals surface area contributed by atoms with E-state index in [4.69, 9.17) is 11.6 Å². The first-order valence-electron chi connectivity index (χ1n) is 7.21. The van der Waals surface area contributed by atoms with Gasteiger partial charge in [-0.3, -0.25) is 4.79 Å². The average Bonchev–Trinajstić information content (AvgIpc) is 3.22. The summed E-state index contributed by atoms with van der Waals surface area (Å²) in [5.41, 5.74) is 1.24.